The fourth-order valence-corrected chi connectivity index (χ4v) is 8.02. The van der Waals surface area contributed by atoms with Crippen LogP contribution in [0, 0.1) is 0 Å². The second kappa shape index (κ2) is 48.7. The Kier molecular flexibility index (Phi) is 47.7. The van der Waals surface area contributed by atoms with E-state index in [0.29, 0.717) is 13.0 Å². The lowest BCUT2D eigenvalue weighted by Gasteiger charge is -2.20. The van der Waals surface area contributed by atoms with E-state index in [1.165, 1.54) is 167 Å². The number of nitrogens with two attached hydrogens (primary N) is 1. The number of phosphoric acid groups is 1. The predicted octanol–water partition coefficient (Wildman–Crippen LogP) is 15.8. The topological polar surface area (TPSA) is 117 Å². The summed E-state index contributed by atoms with van der Waals surface area (Å²) in [5.74, 6) is -0.341. The van der Waals surface area contributed by atoms with E-state index in [1.54, 1.807) is 0 Å². The van der Waals surface area contributed by atoms with Crippen LogP contribution in [0.15, 0.2) is 36.5 Å². The number of hydrogen-bond acceptors (Lipinski definition) is 7. The van der Waals surface area contributed by atoms with E-state index >= 15 is 0 Å². The summed E-state index contributed by atoms with van der Waals surface area (Å²) >= 11 is 0. The fourth-order valence-electron chi connectivity index (χ4n) is 7.26. The maximum absolute atomic E-state index is 12.6. The van der Waals surface area contributed by atoms with Gasteiger partial charge < -0.3 is 20.1 Å². The first-order chi connectivity index (χ1) is 29.4. The number of phosphoric ester groups is 1. The van der Waals surface area contributed by atoms with E-state index < -0.39 is 13.9 Å². The number of carbonyl (C=O) groups excluding carboxylic acids is 1. The minimum atomic E-state index is -4.28. The Morgan fingerprint density at radius 2 is 0.883 bits per heavy atom. The maximum Gasteiger partial charge on any atom is 0.472 e. The molecule has 0 aromatic carbocycles. The molecule has 0 amide bonds. The average Bonchev–Trinajstić information content (AvgIpc) is 3.24. The molecule has 60 heavy (non-hydrogen) atoms. The highest BCUT2D eigenvalue weighted by atomic mass is 31.2. The molecule has 0 saturated carbocycles. The molecular weight excluding hydrogens is 770 g/mol. The molecule has 0 heterocycles. The van der Waals surface area contributed by atoms with Crippen LogP contribution in [0.3, 0.4) is 0 Å². The number of esters is 1. The van der Waals surface area contributed by atoms with Crippen molar-refractivity contribution in [3.05, 3.63) is 36.5 Å². The summed E-state index contributed by atoms with van der Waals surface area (Å²) < 4.78 is 33.5. The molecule has 0 aliphatic rings. The molecule has 0 fully saturated rings. The molecule has 0 radical (unpaired) electrons. The van der Waals surface area contributed by atoms with Gasteiger partial charge in [0.25, 0.3) is 0 Å². The van der Waals surface area contributed by atoms with Gasteiger partial charge in [-0.05, 0) is 70.6 Å². The summed E-state index contributed by atoms with van der Waals surface area (Å²) in [7, 11) is -4.28. The lowest BCUT2D eigenvalue weighted by molar-refractivity contribution is -0.154. The molecule has 2 atom stereocenters. The van der Waals surface area contributed by atoms with Crippen molar-refractivity contribution in [3.8, 4) is 0 Å². The zero-order valence-corrected chi connectivity index (χ0v) is 40.3. The van der Waals surface area contributed by atoms with Crippen molar-refractivity contribution in [2.75, 3.05) is 33.0 Å². The first-order valence-corrected chi connectivity index (χ1v) is 27.0. The molecule has 9 heteroatoms. The van der Waals surface area contributed by atoms with Crippen molar-refractivity contribution in [2.45, 2.75) is 251 Å². The monoisotopic (exact) mass is 868 g/mol. The van der Waals surface area contributed by atoms with Crippen molar-refractivity contribution in [1.29, 1.82) is 0 Å². The van der Waals surface area contributed by atoms with E-state index in [1.807, 2.05) is 0 Å². The van der Waals surface area contributed by atoms with Crippen LogP contribution in [0.5, 0.6) is 0 Å². The molecule has 0 spiro atoms. The Hall–Kier alpha value is -1.28. The van der Waals surface area contributed by atoms with E-state index in [2.05, 4.69) is 50.3 Å². The predicted molar refractivity (Wildman–Crippen MR) is 256 cm³/mol. The van der Waals surface area contributed by atoms with Crippen LogP contribution in [0.25, 0.3) is 0 Å². The number of allylic oxidation sites excluding steroid dienone is 6. The molecule has 0 aromatic rings. The lowest BCUT2D eigenvalue weighted by atomic mass is 10.0. The van der Waals surface area contributed by atoms with E-state index in [9.17, 15) is 14.3 Å². The van der Waals surface area contributed by atoms with Crippen LogP contribution in [-0.4, -0.2) is 49.9 Å². The Bertz CT molecular complexity index is 1020. The van der Waals surface area contributed by atoms with Crippen molar-refractivity contribution < 1.29 is 32.8 Å². The molecule has 2 unspecified atom stereocenters. The van der Waals surface area contributed by atoms with Crippen molar-refractivity contribution >= 4 is 13.8 Å². The maximum atomic E-state index is 12.6. The number of ether oxygens (including phenoxy) is 2. The molecule has 0 aromatic heterocycles. The summed E-state index contributed by atoms with van der Waals surface area (Å²) in [6.45, 7) is 4.91. The lowest BCUT2D eigenvalue weighted by Crippen LogP contribution is -2.28. The molecule has 0 rings (SSSR count). The number of unbranched alkanes of at least 4 members (excludes halogenated alkanes) is 30. The highest BCUT2D eigenvalue weighted by Crippen LogP contribution is 2.43. The first kappa shape index (κ1) is 58.7. The largest absolute Gasteiger partial charge is 0.472 e. The van der Waals surface area contributed by atoms with Gasteiger partial charge in [0.15, 0.2) is 0 Å². The van der Waals surface area contributed by atoms with Crippen molar-refractivity contribution in [1.82, 2.24) is 0 Å². The molecule has 0 saturated heterocycles. The third kappa shape index (κ3) is 47.8. The van der Waals surface area contributed by atoms with Gasteiger partial charge in [0, 0.05) is 19.6 Å². The van der Waals surface area contributed by atoms with Crippen molar-refractivity contribution in [3.63, 3.8) is 0 Å². The van der Waals surface area contributed by atoms with E-state index in [0.717, 1.165) is 57.8 Å². The van der Waals surface area contributed by atoms with Gasteiger partial charge >= 0.3 is 13.8 Å². The Morgan fingerprint density at radius 1 is 0.500 bits per heavy atom. The molecular formula is C51H98NO7P. The highest BCUT2D eigenvalue weighted by Gasteiger charge is 2.25. The van der Waals surface area contributed by atoms with Gasteiger partial charge in [0.05, 0.1) is 19.8 Å². The zero-order chi connectivity index (χ0) is 43.7. The first-order valence-electron chi connectivity index (χ1n) is 25.5. The van der Waals surface area contributed by atoms with Crippen LogP contribution in [0.1, 0.15) is 245 Å². The smallest absolute Gasteiger partial charge is 0.457 e. The van der Waals surface area contributed by atoms with Crippen LogP contribution in [0.4, 0.5) is 0 Å². The highest BCUT2D eigenvalue weighted by molar-refractivity contribution is 7.47. The third-order valence-corrected chi connectivity index (χ3v) is 12.0. The number of hydrogen-bond donors (Lipinski definition) is 2. The molecule has 354 valence electrons. The normalized spacial score (nSPS) is 13.6. The summed E-state index contributed by atoms with van der Waals surface area (Å²) in [6, 6.07) is 0. The number of rotatable bonds is 49. The number of carbonyl (C=O) groups is 1. The fraction of sp³-hybridized carbons (Fsp3) is 0.863. The molecule has 3 N–H and O–H groups in total. The molecule has 0 bridgehead atoms. The average molecular weight is 868 g/mol. The summed E-state index contributed by atoms with van der Waals surface area (Å²) in [6.07, 6.45) is 57.6. The van der Waals surface area contributed by atoms with Gasteiger partial charge in [-0.2, -0.15) is 0 Å². The molecule has 0 aliphatic carbocycles. The Morgan fingerprint density at radius 3 is 1.35 bits per heavy atom. The second-order valence-corrected chi connectivity index (χ2v) is 18.5. The Balaban J connectivity index is 3.88. The van der Waals surface area contributed by atoms with E-state index in [4.69, 9.17) is 24.3 Å². The minimum Gasteiger partial charge on any atom is -0.457 e. The third-order valence-electron chi connectivity index (χ3n) is 11.0. The summed E-state index contributed by atoms with van der Waals surface area (Å²) in [5, 5.41) is 0. The molecule has 8 nitrogen and oxygen atoms in total. The van der Waals surface area contributed by atoms with E-state index in [-0.39, 0.29) is 32.3 Å². The van der Waals surface area contributed by atoms with Gasteiger partial charge in [-0.1, -0.05) is 204 Å². The second-order valence-electron chi connectivity index (χ2n) is 17.0. The summed E-state index contributed by atoms with van der Waals surface area (Å²) in [4.78, 5) is 22.5. The van der Waals surface area contributed by atoms with Crippen LogP contribution in [0.2, 0.25) is 0 Å². The zero-order valence-electron chi connectivity index (χ0n) is 39.5. The van der Waals surface area contributed by atoms with Gasteiger partial charge in [-0.25, -0.2) is 4.57 Å². The van der Waals surface area contributed by atoms with Gasteiger partial charge in [0.2, 0.25) is 0 Å². The SMILES string of the molecule is CCCCC/C=C\C/C=C\CCCCCCCC(=O)OC(COCCCCCCCCCCCCCCCC/C=C\CCCCCCCCCC)COP(=O)(O)OCCN. The van der Waals surface area contributed by atoms with Gasteiger partial charge in [-0.15, -0.1) is 0 Å². The van der Waals surface area contributed by atoms with Crippen LogP contribution < -0.4 is 5.73 Å². The quantitative estimate of drug-likeness (QED) is 0.0269. The summed E-state index contributed by atoms with van der Waals surface area (Å²) in [5.41, 5.74) is 5.38. The standard InChI is InChI=1S/C51H98NO7P/c1-3-5-7-9-11-13-15-17-19-20-21-22-23-24-25-26-27-28-29-31-33-35-37-39-41-43-46-56-48-50(49-58-60(54,55)57-47-45-52)59-51(53)44-42-40-38-36-34-32-30-18-16-14-12-10-8-6-4-2/h12,14,18,20-21,30,50H,3-11,13,15-17,19,22-29,31-49,52H2,1-2H3,(H,54,55)/b14-12-,21-20-,30-18-. The van der Waals surface area contributed by atoms with Gasteiger partial charge in [-0.3, -0.25) is 13.8 Å². The van der Waals surface area contributed by atoms with Gasteiger partial charge in [0.1, 0.15) is 6.10 Å². The minimum absolute atomic E-state index is 0.0976. The molecule has 0 aliphatic heterocycles. The van der Waals surface area contributed by atoms with Crippen LogP contribution in [-0.2, 0) is 27.9 Å². The van der Waals surface area contributed by atoms with Crippen molar-refractivity contribution in [2.24, 2.45) is 5.73 Å². The Labute approximate surface area is 371 Å². The van der Waals surface area contributed by atoms with Crippen LogP contribution >= 0.6 is 7.82 Å².